The Morgan fingerprint density at radius 2 is 2.00 bits per heavy atom. The minimum Gasteiger partial charge on any atom is -0.292 e. The van der Waals surface area contributed by atoms with Crippen LogP contribution in [-0.2, 0) is 0 Å². The lowest BCUT2D eigenvalue weighted by molar-refractivity contribution is 0.0978. The van der Waals surface area contributed by atoms with E-state index in [2.05, 4.69) is 0 Å². The largest absolute Gasteiger partial charge is 0.292 e. The number of aryl methyl sites for hydroxylation is 1. The number of hydrogen-bond acceptors (Lipinski definition) is 2. The summed E-state index contributed by atoms with van der Waals surface area (Å²) in [5.41, 5.74) is 1.74. The Balaban J connectivity index is 2.42. The molecule has 0 heterocycles. The Bertz CT molecular complexity index is 706. The summed E-state index contributed by atoms with van der Waals surface area (Å²) in [6.45, 7) is 1.84. The summed E-state index contributed by atoms with van der Waals surface area (Å²) in [7, 11) is 0. The maximum atomic E-state index is 13.1. The zero-order chi connectivity index (χ0) is 14.7. The molecule has 0 amide bonds. The van der Waals surface area contributed by atoms with E-state index in [-0.39, 0.29) is 16.4 Å². The summed E-state index contributed by atoms with van der Waals surface area (Å²) in [5.74, 6) is -1.89. The van der Waals surface area contributed by atoms with E-state index < -0.39 is 11.7 Å². The van der Waals surface area contributed by atoms with E-state index in [0.29, 0.717) is 5.56 Å². The van der Waals surface area contributed by atoms with E-state index in [1.807, 2.05) is 25.1 Å². The van der Waals surface area contributed by atoms with Gasteiger partial charge in [-0.3, -0.25) is 4.79 Å². The fourth-order valence-corrected chi connectivity index (χ4v) is 2.18. The number of benzene rings is 2. The molecule has 0 aliphatic rings. The minimum atomic E-state index is -0.919. The molecule has 2 aromatic rings. The number of carbonyl (C=O) groups is 1. The molecule has 0 aliphatic heterocycles. The molecule has 100 valence electrons. The van der Waals surface area contributed by atoms with Gasteiger partial charge in [-0.15, -0.1) is 0 Å². The second kappa shape index (κ2) is 5.85. The lowest BCUT2D eigenvalue weighted by atomic mass is 9.89. The van der Waals surface area contributed by atoms with Gasteiger partial charge in [-0.25, -0.2) is 4.39 Å². The molecule has 0 bridgehead atoms. The van der Waals surface area contributed by atoms with Gasteiger partial charge in [0.05, 0.1) is 11.1 Å². The Labute approximate surface area is 121 Å². The molecule has 4 heteroatoms. The average molecular weight is 288 g/mol. The number of rotatable bonds is 3. The predicted molar refractivity (Wildman–Crippen MR) is 75.3 cm³/mol. The number of hydrogen-bond donors (Lipinski definition) is 0. The molecule has 0 saturated carbocycles. The number of carbonyl (C=O) groups excluding carboxylic acids is 1. The van der Waals surface area contributed by atoms with Crippen LogP contribution in [0.4, 0.5) is 4.39 Å². The Morgan fingerprint density at radius 3 is 2.60 bits per heavy atom. The van der Waals surface area contributed by atoms with Crippen molar-refractivity contribution >= 4 is 17.4 Å². The molecule has 0 fully saturated rings. The molecule has 0 N–H and O–H groups in total. The first kappa shape index (κ1) is 14.2. The van der Waals surface area contributed by atoms with Gasteiger partial charge in [-0.1, -0.05) is 35.9 Å². The third kappa shape index (κ3) is 2.71. The molecule has 2 aromatic carbocycles. The highest BCUT2D eigenvalue weighted by Gasteiger charge is 2.23. The molecule has 2 nitrogen and oxygen atoms in total. The van der Waals surface area contributed by atoms with Crippen LogP contribution in [0.1, 0.15) is 27.4 Å². The Kier molecular flexibility index (Phi) is 4.16. The van der Waals surface area contributed by atoms with Gasteiger partial charge < -0.3 is 0 Å². The molecule has 0 aromatic heterocycles. The average Bonchev–Trinajstić information content (AvgIpc) is 2.44. The molecule has 2 rings (SSSR count). The molecule has 20 heavy (non-hydrogen) atoms. The van der Waals surface area contributed by atoms with Crippen LogP contribution in [-0.4, -0.2) is 5.78 Å². The third-order valence-electron chi connectivity index (χ3n) is 3.09. The molecule has 0 saturated heterocycles. The Hall–Kier alpha value is -2.18. The van der Waals surface area contributed by atoms with Crippen molar-refractivity contribution in [2.75, 3.05) is 0 Å². The van der Waals surface area contributed by atoms with Gasteiger partial charge in [0.2, 0.25) is 0 Å². The van der Waals surface area contributed by atoms with Gasteiger partial charge in [-0.2, -0.15) is 5.26 Å². The minimum absolute atomic E-state index is 0.127. The van der Waals surface area contributed by atoms with Crippen molar-refractivity contribution in [3.63, 3.8) is 0 Å². The summed E-state index contributed by atoms with van der Waals surface area (Å²) in [6, 6.07) is 12.9. The van der Waals surface area contributed by atoms with Gasteiger partial charge >= 0.3 is 0 Å². The van der Waals surface area contributed by atoms with Crippen molar-refractivity contribution < 1.29 is 9.18 Å². The van der Waals surface area contributed by atoms with Crippen molar-refractivity contribution in [3.05, 3.63) is 70.0 Å². The highest BCUT2D eigenvalue weighted by Crippen LogP contribution is 2.25. The number of ketones is 1. The lowest BCUT2D eigenvalue weighted by Crippen LogP contribution is -2.12. The van der Waals surface area contributed by atoms with Gasteiger partial charge in [0.25, 0.3) is 0 Å². The normalized spacial score (nSPS) is 11.7. The molecule has 0 aliphatic carbocycles. The van der Waals surface area contributed by atoms with E-state index in [9.17, 15) is 14.4 Å². The van der Waals surface area contributed by atoms with Crippen LogP contribution in [0.15, 0.2) is 42.5 Å². The van der Waals surface area contributed by atoms with Crippen molar-refractivity contribution in [3.8, 4) is 6.07 Å². The first-order valence-electron chi connectivity index (χ1n) is 5.99. The zero-order valence-electron chi connectivity index (χ0n) is 10.7. The molecular formula is C16H11ClFNO. The van der Waals surface area contributed by atoms with Crippen LogP contribution < -0.4 is 0 Å². The fourth-order valence-electron chi connectivity index (χ4n) is 2.00. The van der Waals surface area contributed by atoms with E-state index in [4.69, 9.17) is 11.6 Å². The first-order valence-corrected chi connectivity index (χ1v) is 6.37. The van der Waals surface area contributed by atoms with E-state index in [1.165, 1.54) is 12.1 Å². The van der Waals surface area contributed by atoms with Crippen LogP contribution >= 0.6 is 11.6 Å². The summed E-state index contributed by atoms with van der Waals surface area (Å²) < 4.78 is 13.1. The standard InChI is InChI=1S/C16H11ClFNO/c1-10-4-2-3-5-12(10)13(9-19)16(20)11-6-7-15(18)14(17)8-11/h2-8,13H,1H3. The van der Waals surface area contributed by atoms with Crippen molar-refractivity contribution in [2.24, 2.45) is 0 Å². The quantitative estimate of drug-likeness (QED) is 0.791. The van der Waals surface area contributed by atoms with E-state index in [0.717, 1.165) is 11.6 Å². The topological polar surface area (TPSA) is 40.9 Å². The smallest absolute Gasteiger partial charge is 0.184 e. The second-order valence-electron chi connectivity index (χ2n) is 4.41. The van der Waals surface area contributed by atoms with Crippen LogP contribution in [0.2, 0.25) is 5.02 Å². The fraction of sp³-hybridized carbons (Fsp3) is 0.125. The number of Topliss-reactive ketones (excluding diaryl/α,β-unsaturated/α-hetero) is 1. The molecular weight excluding hydrogens is 277 g/mol. The second-order valence-corrected chi connectivity index (χ2v) is 4.82. The third-order valence-corrected chi connectivity index (χ3v) is 3.38. The van der Waals surface area contributed by atoms with Crippen LogP contribution in [0.25, 0.3) is 0 Å². The number of nitrogens with zero attached hydrogens (tertiary/aromatic N) is 1. The van der Waals surface area contributed by atoms with Crippen molar-refractivity contribution in [1.82, 2.24) is 0 Å². The number of nitriles is 1. The van der Waals surface area contributed by atoms with Gasteiger partial charge in [0.15, 0.2) is 5.78 Å². The SMILES string of the molecule is Cc1ccccc1C(C#N)C(=O)c1ccc(F)c(Cl)c1. The predicted octanol–water partition coefficient (Wildman–Crippen LogP) is 4.28. The molecule has 0 radical (unpaired) electrons. The zero-order valence-corrected chi connectivity index (χ0v) is 11.5. The highest BCUT2D eigenvalue weighted by atomic mass is 35.5. The van der Waals surface area contributed by atoms with E-state index in [1.54, 1.807) is 12.1 Å². The lowest BCUT2D eigenvalue weighted by Gasteiger charge is -2.11. The summed E-state index contributed by atoms with van der Waals surface area (Å²) in [6.07, 6.45) is 0. The summed E-state index contributed by atoms with van der Waals surface area (Å²) in [5, 5.41) is 9.15. The number of halogens is 2. The Morgan fingerprint density at radius 1 is 1.30 bits per heavy atom. The first-order chi connectivity index (χ1) is 9.54. The summed E-state index contributed by atoms with van der Waals surface area (Å²) >= 11 is 5.67. The molecule has 1 unspecified atom stereocenters. The van der Waals surface area contributed by atoms with Crippen molar-refractivity contribution in [1.29, 1.82) is 5.26 Å². The maximum Gasteiger partial charge on any atom is 0.184 e. The molecule has 1 atom stereocenters. The van der Waals surface area contributed by atoms with Crippen LogP contribution in [0, 0.1) is 24.1 Å². The summed E-state index contributed by atoms with van der Waals surface area (Å²) in [4.78, 5) is 12.4. The van der Waals surface area contributed by atoms with Crippen molar-refractivity contribution in [2.45, 2.75) is 12.8 Å². The maximum absolute atomic E-state index is 13.1. The van der Waals surface area contributed by atoms with Gasteiger partial charge in [-0.05, 0) is 36.2 Å². The van der Waals surface area contributed by atoms with E-state index >= 15 is 0 Å². The van der Waals surface area contributed by atoms with Gasteiger partial charge in [0.1, 0.15) is 11.7 Å². The molecule has 0 spiro atoms. The highest BCUT2D eigenvalue weighted by molar-refractivity contribution is 6.31. The van der Waals surface area contributed by atoms with Crippen LogP contribution in [0.5, 0.6) is 0 Å². The van der Waals surface area contributed by atoms with Gasteiger partial charge in [0, 0.05) is 5.56 Å². The monoisotopic (exact) mass is 287 g/mol. The van der Waals surface area contributed by atoms with Crippen LogP contribution in [0.3, 0.4) is 0 Å².